The number of nitrogens with zero attached hydrogens (tertiary/aromatic N) is 3. The maximum absolute atomic E-state index is 13.9. The van der Waals surface area contributed by atoms with Crippen molar-refractivity contribution in [3.05, 3.63) is 90.9 Å². The first-order chi connectivity index (χ1) is 19.9. The van der Waals surface area contributed by atoms with E-state index in [2.05, 4.69) is 9.98 Å². The molecule has 0 saturated carbocycles. The predicted molar refractivity (Wildman–Crippen MR) is 154 cm³/mol. The number of aromatic nitrogens is 2. The minimum absolute atomic E-state index is 0.166. The molecule has 0 saturated heterocycles. The van der Waals surface area contributed by atoms with Gasteiger partial charge in [-0.2, -0.15) is 0 Å². The molecule has 0 unspecified atom stereocenters. The summed E-state index contributed by atoms with van der Waals surface area (Å²) in [5.41, 5.74) is 0.919. The number of benzene rings is 1. The van der Waals surface area contributed by atoms with Crippen molar-refractivity contribution in [3.8, 4) is 17.2 Å². The molecule has 41 heavy (non-hydrogen) atoms. The number of rotatable bonds is 9. The number of fused-ring (bicyclic) bond motifs is 1. The van der Waals surface area contributed by atoms with E-state index >= 15 is 0 Å². The zero-order chi connectivity index (χ0) is 29.1. The van der Waals surface area contributed by atoms with Crippen LogP contribution in [0.1, 0.15) is 31.2 Å². The number of ether oxygens (including phenoxy) is 4. The van der Waals surface area contributed by atoms with Crippen LogP contribution in [0.3, 0.4) is 0 Å². The van der Waals surface area contributed by atoms with Gasteiger partial charge < -0.3 is 23.4 Å². The van der Waals surface area contributed by atoms with Crippen molar-refractivity contribution >= 4 is 35.1 Å². The number of furan rings is 1. The lowest BCUT2D eigenvalue weighted by Crippen LogP contribution is -2.40. The number of hydrogen-bond acceptors (Lipinski definition) is 11. The molecule has 0 bridgehead atoms. The lowest BCUT2D eigenvalue weighted by Gasteiger charge is -2.26. The Morgan fingerprint density at radius 2 is 1.88 bits per heavy atom. The van der Waals surface area contributed by atoms with Crippen LogP contribution in [0, 0.1) is 0 Å². The summed E-state index contributed by atoms with van der Waals surface area (Å²) in [5, 5.41) is 1.43. The van der Waals surface area contributed by atoms with Crippen LogP contribution >= 0.6 is 23.1 Å². The summed E-state index contributed by atoms with van der Waals surface area (Å²) in [7, 11) is 4.51. The van der Waals surface area contributed by atoms with E-state index < -0.39 is 12.0 Å². The summed E-state index contributed by atoms with van der Waals surface area (Å²) in [5.74, 6) is 1.09. The molecule has 0 amide bonds. The average Bonchev–Trinajstić information content (AvgIpc) is 3.54. The second-order valence-electron chi connectivity index (χ2n) is 8.69. The van der Waals surface area contributed by atoms with Crippen LogP contribution < -0.4 is 29.1 Å². The molecule has 10 nitrogen and oxygen atoms in total. The topological polar surface area (TPSA) is 114 Å². The quantitative estimate of drug-likeness (QED) is 0.266. The molecule has 1 aliphatic rings. The summed E-state index contributed by atoms with van der Waals surface area (Å²) >= 11 is 2.58. The van der Waals surface area contributed by atoms with Crippen molar-refractivity contribution in [2.24, 2.45) is 4.99 Å². The third-order valence-corrected chi connectivity index (χ3v) is 8.09. The highest BCUT2D eigenvalue weighted by atomic mass is 32.2. The molecule has 12 heteroatoms. The van der Waals surface area contributed by atoms with E-state index in [-0.39, 0.29) is 17.7 Å². The number of thiazole rings is 1. The van der Waals surface area contributed by atoms with Gasteiger partial charge in [0.15, 0.2) is 21.4 Å². The largest absolute Gasteiger partial charge is 0.493 e. The molecule has 1 aromatic carbocycles. The number of esters is 1. The third-order valence-electron chi connectivity index (χ3n) is 6.24. The van der Waals surface area contributed by atoms with Crippen molar-refractivity contribution in [3.63, 3.8) is 0 Å². The molecular weight excluding hydrogens is 566 g/mol. The Balaban J connectivity index is 1.65. The number of hydrogen-bond donors (Lipinski definition) is 0. The Bertz CT molecular complexity index is 1780. The third kappa shape index (κ3) is 5.52. The molecule has 0 aliphatic carbocycles. The Hall–Kier alpha value is -4.29. The summed E-state index contributed by atoms with van der Waals surface area (Å²) in [4.78, 5) is 36.5. The average molecular weight is 594 g/mol. The highest BCUT2D eigenvalue weighted by molar-refractivity contribution is 7.99. The predicted octanol–water partition coefficient (Wildman–Crippen LogP) is 3.96. The molecule has 3 aromatic heterocycles. The molecule has 1 atom stereocenters. The van der Waals surface area contributed by atoms with Crippen molar-refractivity contribution in [2.45, 2.75) is 30.0 Å². The van der Waals surface area contributed by atoms with Crippen LogP contribution in [-0.4, -0.2) is 43.5 Å². The highest BCUT2D eigenvalue weighted by Crippen LogP contribution is 2.42. The van der Waals surface area contributed by atoms with E-state index in [1.54, 1.807) is 44.3 Å². The normalized spacial score (nSPS) is 14.9. The van der Waals surface area contributed by atoms with Crippen LogP contribution in [0.25, 0.3) is 6.08 Å². The van der Waals surface area contributed by atoms with Gasteiger partial charge in [-0.1, -0.05) is 17.4 Å². The van der Waals surface area contributed by atoms with Gasteiger partial charge in [0.1, 0.15) is 10.8 Å². The molecular formula is C29H27N3O7S2. The van der Waals surface area contributed by atoms with Crippen molar-refractivity contribution < 1.29 is 28.2 Å². The summed E-state index contributed by atoms with van der Waals surface area (Å²) in [6, 6.07) is 11.8. The number of pyridine rings is 1. The van der Waals surface area contributed by atoms with Crippen molar-refractivity contribution in [1.29, 1.82) is 0 Å². The minimum atomic E-state index is -0.854. The smallest absolute Gasteiger partial charge is 0.338 e. The lowest BCUT2D eigenvalue weighted by molar-refractivity contribution is -0.139. The highest BCUT2D eigenvalue weighted by Gasteiger charge is 2.34. The van der Waals surface area contributed by atoms with Gasteiger partial charge in [-0.25, -0.2) is 14.8 Å². The summed E-state index contributed by atoms with van der Waals surface area (Å²) < 4.78 is 29.8. The van der Waals surface area contributed by atoms with E-state index in [9.17, 15) is 9.59 Å². The molecule has 1 aliphatic heterocycles. The first-order valence-corrected chi connectivity index (χ1v) is 14.2. The molecule has 0 fully saturated rings. The second-order valence-corrected chi connectivity index (χ2v) is 10.7. The van der Waals surface area contributed by atoms with Crippen LogP contribution in [0.5, 0.6) is 17.2 Å². The molecule has 0 N–H and O–H groups in total. The van der Waals surface area contributed by atoms with Gasteiger partial charge in [0, 0.05) is 12.3 Å². The number of allylic oxidation sites excluding steroid dienone is 1. The molecule has 0 radical (unpaired) electrons. The Morgan fingerprint density at radius 1 is 1.12 bits per heavy atom. The van der Waals surface area contributed by atoms with E-state index in [1.807, 2.05) is 24.3 Å². The maximum Gasteiger partial charge on any atom is 0.338 e. The first kappa shape index (κ1) is 28.2. The fourth-order valence-electron chi connectivity index (χ4n) is 4.47. The number of carbonyl (C=O) groups is 1. The maximum atomic E-state index is 13.9. The van der Waals surface area contributed by atoms with E-state index in [0.29, 0.717) is 48.7 Å². The first-order valence-electron chi connectivity index (χ1n) is 12.6. The fourth-order valence-corrected chi connectivity index (χ4v) is 6.24. The Labute approximate surface area is 243 Å². The van der Waals surface area contributed by atoms with Gasteiger partial charge in [-0.05, 0) is 67.6 Å². The Kier molecular flexibility index (Phi) is 8.31. The molecule has 0 spiro atoms. The van der Waals surface area contributed by atoms with Gasteiger partial charge in [0.2, 0.25) is 5.75 Å². The zero-order valence-electron chi connectivity index (χ0n) is 23.0. The van der Waals surface area contributed by atoms with Gasteiger partial charge in [-0.3, -0.25) is 9.36 Å². The molecule has 212 valence electrons. The van der Waals surface area contributed by atoms with E-state index in [0.717, 1.165) is 5.03 Å². The van der Waals surface area contributed by atoms with Crippen LogP contribution in [0.2, 0.25) is 0 Å². The van der Waals surface area contributed by atoms with Crippen molar-refractivity contribution in [2.75, 3.05) is 27.9 Å². The lowest BCUT2D eigenvalue weighted by atomic mass is 9.95. The van der Waals surface area contributed by atoms with Gasteiger partial charge in [-0.15, -0.1) is 0 Å². The SMILES string of the molecule is CCOC(=O)C1=C(C)N=c2s/c(=C\c3ccc(Sc4ccccn4)o3)c(=O)n2[C@@H]1c1cc(OC)c(OC)c(OC)c1. The number of carbonyl (C=O) groups excluding carboxylic acids is 1. The molecule has 4 heterocycles. The molecule has 5 rings (SSSR count). The second kappa shape index (κ2) is 12.1. The van der Waals surface area contributed by atoms with Gasteiger partial charge in [0.05, 0.1) is 49.8 Å². The van der Waals surface area contributed by atoms with Gasteiger partial charge >= 0.3 is 5.97 Å². The molecule has 4 aromatic rings. The van der Waals surface area contributed by atoms with Crippen LogP contribution in [0.4, 0.5) is 0 Å². The fraction of sp³-hybridized carbons (Fsp3) is 0.241. The van der Waals surface area contributed by atoms with E-state index in [1.165, 1.54) is 49.0 Å². The minimum Gasteiger partial charge on any atom is -0.493 e. The number of methoxy groups -OCH3 is 3. The van der Waals surface area contributed by atoms with Gasteiger partial charge in [0.25, 0.3) is 5.56 Å². The standard InChI is InChI=1S/C29H27N3O7S2/c1-6-38-28(34)24-16(2)31-29-32(25(24)17-13-19(35-3)26(37-5)20(14-17)36-4)27(33)21(40-29)15-18-10-11-23(39-18)41-22-9-7-8-12-30-22/h7-15,25H,6H2,1-5H3/b21-15-/t25-/m1/s1. The summed E-state index contributed by atoms with van der Waals surface area (Å²) in [6.07, 6.45) is 3.38. The Morgan fingerprint density at radius 3 is 2.51 bits per heavy atom. The van der Waals surface area contributed by atoms with Crippen LogP contribution in [-0.2, 0) is 9.53 Å². The van der Waals surface area contributed by atoms with Crippen molar-refractivity contribution in [1.82, 2.24) is 9.55 Å². The zero-order valence-corrected chi connectivity index (χ0v) is 24.6. The van der Waals surface area contributed by atoms with E-state index in [4.69, 9.17) is 23.4 Å². The summed E-state index contributed by atoms with van der Waals surface area (Å²) in [6.45, 7) is 3.61. The monoisotopic (exact) mass is 593 g/mol. The van der Waals surface area contributed by atoms with Crippen LogP contribution in [0.15, 0.2) is 84.3 Å².